The molecule has 1 saturated heterocycles. The normalized spacial score (nSPS) is 48.3. The molecule has 5 rings (SSSR count). The second kappa shape index (κ2) is 7.48. The van der Waals surface area contributed by atoms with Crippen LogP contribution in [-0.2, 0) is 14.3 Å². The Kier molecular flexibility index (Phi) is 5.22. The molecule has 0 aromatic heterocycles. The third kappa shape index (κ3) is 3.26. The summed E-state index contributed by atoms with van der Waals surface area (Å²) in [6, 6.07) is 0. The second-order valence-electron chi connectivity index (χ2n) is 11.3. The monoisotopic (exact) mass is 400 g/mol. The Bertz CT molecular complexity index is 677. The Morgan fingerprint density at radius 3 is 2.69 bits per heavy atom. The van der Waals surface area contributed by atoms with Crippen molar-refractivity contribution in [3.63, 3.8) is 0 Å². The predicted octanol–water partition coefficient (Wildman–Crippen LogP) is 6.07. The van der Waals surface area contributed by atoms with Gasteiger partial charge in [-0.05, 0) is 112 Å². The largest absolute Gasteiger partial charge is 0.353 e. The fraction of sp³-hybridized carbons (Fsp3) is 0.885. The number of carbonyl (C=O) groups is 1. The Hall–Kier alpha value is -0.670. The van der Waals surface area contributed by atoms with Crippen molar-refractivity contribution >= 4 is 5.78 Å². The minimum Gasteiger partial charge on any atom is -0.353 e. The average Bonchev–Trinajstić information content (AvgIpc) is 3.06. The highest BCUT2D eigenvalue weighted by Gasteiger charge is 2.59. The molecule has 0 radical (unpaired) electrons. The van der Waals surface area contributed by atoms with Gasteiger partial charge in [-0.2, -0.15) is 0 Å². The third-order valence-electron chi connectivity index (χ3n) is 10.1. The smallest absolute Gasteiger partial charge is 0.157 e. The molecule has 0 aromatic rings. The van der Waals surface area contributed by atoms with Gasteiger partial charge in [0.1, 0.15) is 0 Å². The first-order valence-electron chi connectivity index (χ1n) is 12.4. The molecule has 5 aliphatic rings. The molecule has 0 unspecified atom stereocenters. The fourth-order valence-corrected chi connectivity index (χ4v) is 8.52. The highest BCUT2D eigenvalue weighted by Crippen LogP contribution is 2.67. The average molecular weight is 401 g/mol. The molecule has 29 heavy (non-hydrogen) atoms. The second-order valence-corrected chi connectivity index (χ2v) is 11.3. The number of hydrogen-bond acceptors (Lipinski definition) is 3. The standard InChI is InChI=1S/C26H40O3/c1-17(29-24-6-4-5-15-28-24)21-9-10-22-20-8-7-18-16-19(27)11-13-25(18,2)23(20)12-14-26(21,22)3/h16-17,20-24H,4-15H2,1-3H3/t17-,20+,21-,22+,23+,24+,25+,26-/m1/s1. The number of rotatable bonds is 3. The van der Waals surface area contributed by atoms with E-state index < -0.39 is 0 Å². The summed E-state index contributed by atoms with van der Waals surface area (Å²) in [7, 11) is 0. The first-order chi connectivity index (χ1) is 13.9. The van der Waals surface area contributed by atoms with Gasteiger partial charge in [0.05, 0.1) is 6.10 Å². The van der Waals surface area contributed by atoms with E-state index >= 15 is 0 Å². The number of hydrogen-bond donors (Lipinski definition) is 0. The Balaban J connectivity index is 1.33. The molecule has 0 aromatic carbocycles. The van der Waals surface area contributed by atoms with E-state index in [0.717, 1.165) is 50.0 Å². The summed E-state index contributed by atoms with van der Waals surface area (Å²) in [4.78, 5) is 12.0. The van der Waals surface area contributed by atoms with Crippen LogP contribution < -0.4 is 0 Å². The van der Waals surface area contributed by atoms with E-state index in [4.69, 9.17) is 9.47 Å². The Labute approximate surface area is 177 Å². The van der Waals surface area contributed by atoms with Crippen molar-refractivity contribution in [1.82, 2.24) is 0 Å². The predicted molar refractivity (Wildman–Crippen MR) is 114 cm³/mol. The van der Waals surface area contributed by atoms with Crippen LogP contribution in [0.1, 0.15) is 91.4 Å². The number of carbonyl (C=O) groups excluding carboxylic acids is 1. The van der Waals surface area contributed by atoms with E-state index in [1.165, 1.54) is 50.5 Å². The van der Waals surface area contributed by atoms with Crippen molar-refractivity contribution in [2.75, 3.05) is 6.61 Å². The number of fused-ring (bicyclic) bond motifs is 5. The molecule has 4 aliphatic carbocycles. The topological polar surface area (TPSA) is 35.5 Å². The molecule has 1 heterocycles. The van der Waals surface area contributed by atoms with Crippen LogP contribution >= 0.6 is 0 Å². The van der Waals surface area contributed by atoms with Gasteiger partial charge in [-0.15, -0.1) is 0 Å². The molecule has 3 saturated carbocycles. The summed E-state index contributed by atoms with van der Waals surface area (Å²) >= 11 is 0. The first-order valence-corrected chi connectivity index (χ1v) is 12.4. The lowest BCUT2D eigenvalue weighted by molar-refractivity contribution is -0.205. The van der Waals surface area contributed by atoms with Crippen LogP contribution in [0.2, 0.25) is 0 Å². The van der Waals surface area contributed by atoms with E-state index in [-0.39, 0.29) is 11.7 Å². The summed E-state index contributed by atoms with van der Waals surface area (Å²) in [6.45, 7) is 8.26. The molecule has 3 nitrogen and oxygen atoms in total. The maximum atomic E-state index is 12.0. The molecule has 0 spiro atoms. The van der Waals surface area contributed by atoms with Crippen molar-refractivity contribution in [1.29, 1.82) is 0 Å². The highest BCUT2D eigenvalue weighted by atomic mass is 16.7. The van der Waals surface area contributed by atoms with Crippen molar-refractivity contribution in [2.45, 2.75) is 104 Å². The van der Waals surface area contributed by atoms with E-state index in [1.54, 1.807) is 0 Å². The quantitative estimate of drug-likeness (QED) is 0.577. The lowest BCUT2D eigenvalue weighted by atomic mass is 9.46. The van der Waals surface area contributed by atoms with Gasteiger partial charge in [-0.25, -0.2) is 0 Å². The molecule has 3 heteroatoms. The zero-order valence-electron chi connectivity index (χ0n) is 18.8. The third-order valence-corrected chi connectivity index (χ3v) is 10.1. The van der Waals surface area contributed by atoms with Gasteiger partial charge in [0.2, 0.25) is 0 Å². The van der Waals surface area contributed by atoms with Crippen molar-refractivity contribution in [3.05, 3.63) is 11.6 Å². The molecule has 0 bridgehead atoms. The van der Waals surface area contributed by atoms with E-state index in [9.17, 15) is 4.79 Å². The fourth-order valence-electron chi connectivity index (χ4n) is 8.52. The van der Waals surface area contributed by atoms with Crippen molar-refractivity contribution in [2.24, 2.45) is 34.5 Å². The van der Waals surface area contributed by atoms with Gasteiger partial charge in [0.15, 0.2) is 12.1 Å². The van der Waals surface area contributed by atoms with Gasteiger partial charge < -0.3 is 9.47 Å². The molecule has 4 fully saturated rings. The highest BCUT2D eigenvalue weighted by molar-refractivity contribution is 5.91. The summed E-state index contributed by atoms with van der Waals surface area (Å²) < 4.78 is 12.4. The van der Waals surface area contributed by atoms with E-state index in [0.29, 0.717) is 23.2 Å². The molecular weight excluding hydrogens is 360 g/mol. The Morgan fingerprint density at radius 1 is 1.03 bits per heavy atom. The lowest BCUT2D eigenvalue weighted by Gasteiger charge is -2.58. The zero-order chi connectivity index (χ0) is 20.2. The maximum absolute atomic E-state index is 12.0. The summed E-state index contributed by atoms with van der Waals surface area (Å²) in [5, 5.41) is 0. The molecular formula is C26H40O3. The molecule has 162 valence electrons. The van der Waals surface area contributed by atoms with E-state index in [1.807, 2.05) is 6.08 Å². The van der Waals surface area contributed by atoms with Gasteiger partial charge in [-0.3, -0.25) is 4.79 Å². The van der Waals surface area contributed by atoms with Crippen LogP contribution in [0.25, 0.3) is 0 Å². The van der Waals surface area contributed by atoms with Crippen LogP contribution in [0.5, 0.6) is 0 Å². The van der Waals surface area contributed by atoms with Crippen LogP contribution in [0.15, 0.2) is 11.6 Å². The molecule has 1 aliphatic heterocycles. The van der Waals surface area contributed by atoms with Gasteiger partial charge >= 0.3 is 0 Å². The maximum Gasteiger partial charge on any atom is 0.157 e. The van der Waals surface area contributed by atoms with Crippen LogP contribution in [0.4, 0.5) is 0 Å². The number of ketones is 1. The van der Waals surface area contributed by atoms with Crippen LogP contribution in [-0.4, -0.2) is 24.8 Å². The summed E-state index contributed by atoms with van der Waals surface area (Å²) in [5.74, 6) is 3.49. The van der Waals surface area contributed by atoms with Crippen LogP contribution in [0.3, 0.4) is 0 Å². The zero-order valence-corrected chi connectivity index (χ0v) is 18.8. The minimum atomic E-state index is 0.0267. The van der Waals surface area contributed by atoms with E-state index in [2.05, 4.69) is 20.8 Å². The van der Waals surface area contributed by atoms with Gasteiger partial charge in [0, 0.05) is 13.0 Å². The van der Waals surface area contributed by atoms with Crippen molar-refractivity contribution in [3.8, 4) is 0 Å². The van der Waals surface area contributed by atoms with Gasteiger partial charge in [0.25, 0.3) is 0 Å². The molecule has 0 amide bonds. The van der Waals surface area contributed by atoms with Crippen molar-refractivity contribution < 1.29 is 14.3 Å². The minimum absolute atomic E-state index is 0.0267. The summed E-state index contributed by atoms with van der Waals surface area (Å²) in [5.41, 5.74) is 2.19. The molecule has 8 atom stereocenters. The first kappa shape index (κ1) is 20.2. The molecule has 0 N–H and O–H groups in total. The number of allylic oxidation sites excluding steroid dienone is 1. The Morgan fingerprint density at radius 2 is 1.90 bits per heavy atom. The van der Waals surface area contributed by atoms with Crippen LogP contribution in [0, 0.1) is 34.5 Å². The SMILES string of the molecule is C[C@@H](O[C@H]1CCCCO1)[C@H]1CC[C@H]2[C@@H]3CCC4=CC(=O)CC[C@]4(C)[C@H]3CC[C@]12C. The lowest BCUT2D eigenvalue weighted by Crippen LogP contribution is -2.51. The van der Waals surface area contributed by atoms with Gasteiger partial charge in [-0.1, -0.05) is 19.4 Å². The number of ether oxygens (including phenoxy) is 2. The summed E-state index contributed by atoms with van der Waals surface area (Å²) in [6.07, 6.45) is 15.5.